The molecular formula is C18H12N6O2. The number of fused-ring (bicyclic) bond motifs is 2. The summed E-state index contributed by atoms with van der Waals surface area (Å²) in [6, 6.07) is 14.2. The Morgan fingerprint density at radius 3 is 1.50 bits per heavy atom. The highest BCUT2D eigenvalue weighted by Crippen LogP contribution is 2.17. The summed E-state index contributed by atoms with van der Waals surface area (Å²) in [7, 11) is 0. The molecule has 8 heteroatoms. The van der Waals surface area contributed by atoms with E-state index in [9.17, 15) is 9.59 Å². The Bertz CT molecular complexity index is 1260. The molecule has 5 rings (SSSR count). The Hall–Kier alpha value is -3.94. The maximum absolute atomic E-state index is 12.3. The molecule has 4 aromatic heterocycles. The van der Waals surface area contributed by atoms with Crippen LogP contribution < -0.4 is 11.4 Å². The second kappa shape index (κ2) is 5.28. The lowest BCUT2D eigenvalue weighted by atomic mass is 10.2. The number of nitrogens with zero attached hydrogens (tertiary/aromatic N) is 4. The van der Waals surface area contributed by atoms with Crippen LogP contribution in [0.25, 0.3) is 33.7 Å². The standard InChI is InChI=1S/C18H12N6O2/c25-17-21-13-3-1-9-19-15(13)23(17)11-5-7-12(8-6-11)24-16-14(22-18(24)26)4-2-10-20-16/h1-10H,(H,21,25)(H,22,26). The van der Waals surface area contributed by atoms with Gasteiger partial charge in [0.1, 0.15) is 0 Å². The third-order valence-electron chi connectivity index (χ3n) is 4.25. The van der Waals surface area contributed by atoms with E-state index in [1.165, 1.54) is 9.13 Å². The van der Waals surface area contributed by atoms with E-state index in [0.29, 0.717) is 33.7 Å². The molecule has 0 saturated carbocycles. The van der Waals surface area contributed by atoms with Crippen molar-refractivity contribution in [2.24, 2.45) is 0 Å². The quantitative estimate of drug-likeness (QED) is 0.509. The molecule has 0 saturated heterocycles. The first-order chi connectivity index (χ1) is 12.7. The molecular weight excluding hydrogens is 332 g/mol. The minimum absolute atomic E-state index is 0.266. The normalized spacial score (nSPS) is 11.4. The van der Waals surface area contributed by atoms with Crippen molar-refractivity contribution in [3.63, 3.8) is 0 Å². The zero-order valence-electron chi connectivity index (χ0n) is 13.4. The molecule has 8 nitrogen and oxygen atoms in total. The van der Waals surface area contributed by atoms with Gasteiger partial charge in [-0.3, -0.25) is 0 Å². The monoisotopic (exact) mass is 344 g/mol. The van der Waals surface area contributed by atoms with Crippen LogP contribution in [0.4, 0.5) is 0 Å². The van der Waals surface area contributed by atoms with E-state index in [4.69, 9.17) is 0 Å². The summed E-state index contributed by atoms with van der Waals surface area (Å²) in [5, 5.41) is 0. The Kier molecular flexibility index (Phi) is 2.93. The molecule has 0 aliphatic carbocycles. The molecule has 0 fully saturated rings. The molecule has 0 radical (unpaired) electrons. The summed E-state index contributed by atoms with van der Waals surface area (Å²) in [5.74, 6) is 0. The van der Waals surface area contributed by atoms with Gasteiger partial charge in [0.15, 0.2) is 11.3 Å². The maximum atomic E-state index is 12.3. The predicted molar refractivity (Wildman–Crippen MR) is 96.9 cm³/mol. The lowest BCUT2D eigenvalue weighted by Gasteiger charge is -2.06. The summed E-state index contributed by atoms with van der Waals surface area (Å²) < 4.78 is 2.99. The fraction of sp³-hybridized carbons (Fsp3) is 0. The van der Waals surface area contributed by atoms with Crippen molar-refractivity contribution in [2.75, 3.05) is 0 Å². The average Bonchev–Trinajstić information content (AvgIpc) is 3.17. The highest BCUT2D eigenvalue weighted by atomic mass is 16.1. The number of nitrogens with one attached hydrogen (secondary N) is 2. The third kappa shape index (κ3) is 2.02. The molecule has 0 amide bonds. The Morgan fingerprint density at radius 1 is 0.654 bits per heavy atom. The first-order valence-corrected chi connectivity index (χ1v) is 7.95. The van der Waals surface area contributed by atoms with Crippen molar-refractivity contribution in [2.45, 2.75) is 0 Å². The van der Waals surface area contributed by atoms with Crippen molar-refractivity contribution in [3.05, 3.63) is 81.9 Å². The van der Waals surface area contributed by atoms with Crippen molar-refractivity contribution >= 4 is 22.3 Å². The number of benzene rings is 1. The maximum Gasteiger partial charge on any atom is 0.332 e. The van der Waals surface area contributed by atoms with E-state index >= 15 is 0 Å². The van der Waals surface area contributed by atoms with Crippen molar-refractivity contribution in [3.8, 4) is 11.4 Å². The van der Waals surface area contributed by atoms with Crippen molar-refractivity contribution in [1.29, 1.82) is 0 Å². The second-order valence-electron chi connectivity index (χ2n) is 5.80. The fourth-order valence-electron chi connectivity index (χ4n) is 3.11. The Morgan fingerprint density at radius 2 is 1.08 bits per heavy atom. The second-order valence-corrected chi connectivity index (χ2v) is 5.80. The van der Waals surface area contributed by atoms with Gasteiger partial charge in [-0.05, 0) is 48.5 Å². The van der Waals surface area contributed by atoms with Crippen LogP contribution in [0.3, 0.4) is 0 Å². The highest BCUT2D eigenvalue weighted by Gasteiger charge is 2.12. The summed E-state index contributed by atoms with van der Waals surface area (Å²) in [5.41, 5.74) is 3.22. The van der Waals surface area contributed by atoms with Crippen LogP contribution in [-0.2, 0) is 0 Å². The molecule has 0 bridgehead atoms. The number of aromatic nitrogens is 6. The van der Waals surface area contributed by atoms with E-state index in [-0.39, 0.29) is 11.4 Å². The number of imidazole rings is 2. The topological polar surface area (TPSA) is 101 Å². The van der Waals surface area contributed by atoms with Gasteiger partial charge in [0, 0.05) is 12.4 Å². The summed E-state index contributed by atoms with van der Waals surface area (Å²) in [4.78, 5) is 38.6. The molecule has 0 aliphatic heterocycles. The van der Waals surface area contributed by atoms with Crippen LogP contribution in [0.1, 0.15) is 0 Å². The van der Waals surface area contributed by atoms with Gasteiger partial charge in [-0.25, -0.2) is 28.7 Å². The highest BCUT2D eigenvalue weighted by molar-refractivity contribution is 5.74. The van der Waals surface area contributed by atoms with Gasteiger partial charge in [-0.15, -0.1) is 0 Å². The summed E-state index contributed by atoms with van der Waals surface area (Å²) >= 11 is 0. The molecule has 0 aliphatic rings. The van der Waals surface area contributed by atoms with E-state index < -0.39 is 0 Å². The molecule has 126 valence electrons. The number of hydrogen-bond donors (Lipinski definition) is 2. The summed E-state index contributed by atoms with van der Waals surface area (Å²) in [6.45, 7) is 0. The van der Waals surface area contributed by atoms with Gasteiger partial charge in [-0.2, -0.15) is 0 Å². The molecule has 0 spiro atoms. The van der Waals surface area contributed by atoms with Crippen molar-refractivity contribution in [1.82, 2.24) is 29.1 Å². The zero-order valence-corrected chi connectivity index (χ0v) is 13.4. The number of H-pyrrole nitrogens is 2. The van der Waals surface area contributed by atoms with Gasteiger partial charge < -0.3 is 9.97 Å². The lowest BCUT2D eigenvalue weighted by molar-refractivity contribution is 0.980. The van der Waals surface area contributed by atoms with Crippen LogP contribution in [0, 0.1) is 0 Å². The number of rotatable bonds is 2. The molecule has 1 aromatic carbocycles. The third-order valence-corrected chi connectivity index (χ3v) is 4.25. The molecule has 4 heterocycles. The minimum Gasteiger partial charge on any atom is -0.304 e. The number of pyridine rings is 2. The van der Waals surface area contributed by atoms with Crippen LogP contribution in [-0.4, -0.2) is 29.1 Å². The first-order valence-electron chi connectivity index (χ1n) is 7.95. The van der Waals surface area contributed by atoms with Crippen LogP contribution in [0.2, 0.25) is 0 Å². The van der Waals surface area contributed by atoms with Crippen LogP contribution in [0.15, 0.2) is 70.5 Å². The SMILES string of the molecule is O=c1[nH]c2cccnc2n1-c1ccc(-n2c(=O)[nH]c3cccnc32)cc1. The number of hydrogen-bond acceptors (Lipinski definition) is 4. The Balaban J connectivity index is 1.67. The first kappa shape index (κ1) is 14.4. The van der Waals surface area contributed by atoms with Crippen LogP contribution in [0.5, 0.6) is 0 Å². The smallest absolute Gasteiger partial charge is 0.304 e. The van der Waals surface area contributed by atoms with Gasteiger partial charge in [0.05, 0.1) is 22.4 Å². The Labute approximate surface area is 145 Å². The zero-order chi connectivity index (χ0) is 17.7. The van der Waals surface area contributed by atoms with Crippen LogP contribution >= 0.6 is 0 Å². The summed E-state index contributed by atoms with van der Waals surface area (Å²) in [6.07, 6.45) is 3.27. The minimum atomic E-state index is -0.266. The molecule has 26 heavy (non-hydrogen) atoms. The van der Waals surface area contributed by atoms with E-state index in [2.05, 4.69) is 19.9 Å². The molecule has 5 aromatic rings. The molecule has 0 unspecified atom stereocenters. The van der Waals surface area contributed by atoms with E-state index in [1.54, 1.807) is 60.9 Å². The predicted octanol–water partition coefficient (Wildman–Crippen LogP) is 1.74. The van der Waals surface area contributed by atoms with Crippen molar-refractivity contribution < 1.29 is 0 Å². The fourth-order valence-corrected chi connectivity index (χ4v) is 3.11. The van der Waals surface area contributed by atoms with E-state index in [1.807, 2.05) is 0 Å². The van der Waals surface area contributed by atoms with Gasteiger partial charge >= 0.3 is 11.4 Å². The molecule has 2 N–H and O–H groups in total. The number of aromatic amines is 2. The van der Waals surface area contributed by atoms with Gasteiger partial charge in [0.2, 0.25) is 0 Å². The van der Waals surface area contributed by atoms with Gasteiger partial charge in [-0.1, -0.05) is 0 Å². The van der Waals surface area contributed by atoms with E-state index in [0.717, 1.165) is 0 Å². The van der Waals surface area contributed by atoms with Gasteiger partial charge in [0.25, 0.3) is 0 Å². The lowest BCUT2D eigenvalue weighted by Crippen LogP contribution is -2.16. The largest absolute Gasteiger partial charge is 0.332 e. The average molecular weight is 344 g/mol. The molecule has 0 atom stereocenters.